The number of thiazole rings is 1. The molecule has 4 aromatic rings. The summed E-state index contributed by atoms with van der Waals surface area (Å²) in [6.45, 7) is 4.95. The van der Waals surface area contributed by atoms with Crippen LogP contribution in [0.25, 0.3) is 6.08 Å². The zero-order valence-electron chi connectivity index (χ0n) is 22.1. The number of allylic oxidation sites excluding steroid dienone is 1. The summed E-state index contributed by atoms with van der Waals surface area (Å²) in [5.74, 6) is 0.721. The monoisotopic (exact) mass is 554 g/mol. The van der Waals surface area contributed by atoms with E-state index in [1.54, 1.807) is 44.2 Å². The number of benzene rings is 3. The minimum Gasteiger partial charge on any atom is -0.463 e. The van der Waals surface area contributed by atoms with E-state index in [1.165, 1.54) is 22.8 Å². The molecule has 1 aromatic heterocycles. The van der Waals surface area contributed by atoms with Crippen molar-refractivity contribution in [1.29, 1.82) is 0 Å². The van der Waals surface area contributed by atoms with Crippen LogP contribution in [0.2, 0.25) is 0 Å². The Kier molecular flexibility index (Phi) is 7.75. The molecule has 202 valence electrons. The molecule has 0 radical (unpaired) electrons. The lowest BCUT2D eigenvalue weighted by atomic mass is 9.96. The highest BCUT2D eigenvalue weighted by atomic mass is 32.1. The van der Waals surface area contributed by atoms with Crippen LogP contribution < -0.4 is 24.4 Å². The van der Waals surface area contributed by atoms with E-state index in [2.05, 4.69) is 4.99 Å². The lowest BCUT2D eigenvalue weighted by Crippen LogP contribution is -2.39. The van der Waals surface area contributed by atoms with Crippen LogP contribution in [-0.2, 0) is 14.3 Å². The lowest BCUT2D eigenvalue weighted by Gasteiger charge is -2.24. The molecule has 40 heavy (non-hydrogen) atoms. The molecule has 3 aromatic carbocycles. The van der Waals surface area contributed by atoms with Crippen LogP contribution in [0.4, 0.5) is 0 Å². The van der Waals surface area contributed by atoms with Crippen LogP contribution >= 0.6 is 11.3 Å². The Morgan fingerprint density at radius 3 is 2.40 bits per heavy atom. The summed E-state index contributed by atoms with van der Waals surface area (Å²) in [6, 6.07) is 22.8. The molecule has 9 heteroatoms. The smallest absolute Gasteiger partial charge is 0.338 e. The predicted molar refractivity (Wildman–Crippen MR) is 151 cm³/mol. The van der Waals surface area contributed by atoms with E-state index < -0.39 is 18.0 Å². The van der Waals surface area contributed by atoms with Gasteiger partial charge in [-0.3, -0.25) is 14.2 Å². The SMILES string of the molecule is CCOC(=O)C1=C(C)N=c2s/c(=C/c3cccc(Oc4ccccc4)c3)c(=O)n2[C@H]1c1ccc(OC(C)=O)cc1. The number of hydrogen-bond acceptors (Lipinski definition) is 8. The van der Waals surface area contributed by atoms with E-state index in [-0.39, 0.29) is 17.7 Å². The van der Waals surface area contributed by atoms with Crippen LogP contribution in [0, 0.1) is 0 Å². The molecular formula is C31H26N2O6S. The lowest BCUT2D eigenvalue weighted by molar-refractivity contribution is -0.139. The van der Waals surface area contributed by atoms with Gasteiger partial charge in [0.25, 0.3) is 5.56 Å². The Balaban J connectivity index is 1.59. The third-order valence-corrected chi connectivity index (χ3v) is 7.09. The van der Waals surface area contributed by atoms with Gasteiger partial charge in [0, 0.05) is 6.92 Å². The highest BCUT2D eigenvalue weighted by molar-refractivity contribution is 7.07. The van der Waals surface area contributed by atoms with Gasteiger partial charge in [-0.25, -0.2) is 9.79 Å². The molecular weight excluding hydrogens is 528 g/mol. The van der Waals surface area contributed by atoms with Gasteiger partial charge in [-0.05, 0) is 67.4 Å². The maximum atomic E-state index is 13.8. The zero-order valence-corrected chi connectivity index (χ0v) is 22.9. The van der Waals surface area contributed by atoms with Gasteiger partial charge < -0.3 is 14.2 Å². The maximum Gasteiger partial charge on any atom is 0.338 e. The number of carbonyl (C=O) groups is 2. The third-order valence-electron chi connectivity index (χ3n) is 6.11. The molecule has 0 aliphatic carbocycles. The predicted octanol–water partition coefficient (Wildman–Crippen LogP) is 4.52. The van der Waals surface area contributed by atoms with Gasteiger partial charge in [0.2, 0.25) is 0 Å². The van der Waals surface area contributed by atoms with Crippen LogP contribution in [-0.4, -0.2) is 23.1 Å². The number of fused-ring (bicyclic) bond motifs is 1. The van der Waals surface area contributed by atoms with Crippen molar-refractivity contribution in [2.45, 2.75) is 26.8 Å². The standard InChI is InChI=1S/C31H26N2O6S/c1-4-37-30(36)27-19(2)32-31-33(28(27)22-13-15-24(16-14-22)38-20(3)34)29(35)26(40-31)18-21-9-8-12-25(17-21)39-23-10-6-5-7-11-23/h5-18,28H,4H2,1-3H3/b26-18+/t28-/m0/s1. The fraction of sp³-hybridized carbons (Fsp3) is 0.161. The van der Waals surface area contributed by atoms with Gasteiger partial charge in [0.1, 0.15) is 17.2 Å². The summed E-state index contributed by atoms with van der Waals surface area (Å²) >= 11 is 1.24. The molecule has 8 nitrogen and oxygen atoms in total. The van der Waals surface area contributed by atoms with Crippen molar-refractivity contribution in [2.24, 2.45) is 4.99 Å². The molecule has 1 aliphatic heterocycles. The number of para-hydroxylation sites is 1. The molecule has 0 unspecified atom stereocenters. The van der Waals surface area contributed by atoms with Gasteiger partial charge in [0.05, 0.1) is 28.5 Å². The zero-order chi connectivity index (χ0) is 28.2. The maximum absolute atomic E-state index is 13.8. The first kappa shape index (κ1) is 26.8. The van der Waals surface area contributed by atoms with Crippen LogP contribution in [0.3, 0.4) is 0 Å². The minimum absolute atomic E-state index is 0.180. The summed E-state index contributed by atoms with van der Waals surface area (Å²) in [7, 11) is 0. The number of esters is 2. The Bertz CT molecular complexity index is 1790. The van der Waals surface area contributed by atoms with Gasteiger partial charge in [-0.15, -0.1) is 0 Å². The van der Waals surface area contributed by atoms with E-state index in [9.17, 15) is 14.4 Å². The van der Waals surface area contributed by atoms with Crippen molar-refractivity contribution in [3.8, 4) is 17.2 Å². The highest BCUT2D eigenvalue weighted by Crippen LogP contribution is 2.31. The molecule has 0 saturated carbocycles. The number of carbonyl (C=O) groups excluding carboxylic acids is 2. The molecule has 0 N–H and O–H groups in total. The van der Waals surface area contributed by atoms with Crippen molar-refractivity contribution in [1.82, 2.24) is 4.57 Å². The van der Waals surface area contributed by atoms with Gasteiger partial charge in [-0.1, -0.05) is 53.8 Å². The van der Waals surface area contributed by atoms with Crippen molar-refractivity contribution in [2.75, 3.05) is 6.61 Å². The van der Waals surface area contributed by atoms with E-state index in [4.69, 9.17) is 14.2 Å². The molecule has 1 aliphatic rings. The third kappa shape index (κ3) is 5.64. The molecule has 2 heterocycles. The molecule has 5 rings (SSSR count). The number of rotatable bonds is 7. The summed E-state index contributed by atoms with van der Waals surface area (Å²) in [5.41, 5.74) is 1.89. The van der Waals surface area contributed by atoms with Crippen LogP contribution in [0.5, 0.6) is 17.2 Å². The molecule has 0 spiro atoms. The molecule has 0 fully saturated rings. The minimum atomic E-state index is -0.767. The fourth-order valence-corrected chi connectivity index (χ4v) is 5.48. The van der Waals surface area contributed by atoms with Crippen LogP contribution in [0.1, 0.15) is 37.9 Å². The van der Waals surface area contributed by atoms with Crippen molar-refractivity contribution < 1.29 is 23.8 Å². The number of ether oxygens (including phenoxy) is 3. The number of aromatic nitrogens is 1. The number of nitrogens with zero attached hydrogens (tertiary/aromatic N) is 2. The van der Waals surface area contributed by atoms with E-state index >= 15 is 0 Å². The van der Waals surface area contributed by atoms with Gasteiger partial charge in [-0.2, -0.15) is 0 Å². The Morgan fingerprint density at radius 1 is 0.975 bits per heavy atom. The average molecular weight is 555 g/mol. The first-order chi connectivity index (χ1) is 19.3. The molecule has 0 saturated heterocycles. The van der Waals surface area contributed by atoms with Gasteiger partial charge in [0.15, 0.2) is 4.80 Å². The van der Waals surface area contributed by atoms with Gasteiger partial charge >= 0.3 is 11.9 Å². The Hall–Kier alpha value is -4.76. The Labute approximate surface area is 234 Å². The highest BCUT2D eigenvalue weighted by Gasteiger charge is 2.33. The van der Waals surface area contributed by atoms with E-state index in [0.29, 0.717) is 37.8 Å². The average Bonchev–Trinajstić information content (AvgIpc) is 3.23. The van der Waals surface area contributed by atoms with E-state index in [1.807, 2.05) is 54.6 Å². The molecule has 0 bridgehead atoms. The molecule has 1 atom stereocenters. The van der Waals surface area contributed by atoms with Crippen molar-refractivity contribution in [3.63, 3.8) is 0 Å². The summed E-state index contributed by atoms with van der Waals surface area (Å²) in [4.78, 5) is 43.3. The second kappa shape index (κ2) is 11.5. The van der Waals surface area contributed by atoms with Crippen molar-refractivity contribution >= 4 is 29.4 Å². The summed E-state index contributed by atoms with van der Waals surface area (Å²) < 4.78 is 18.4. The quantitative estimate of drug-likeness (QED) is 0.246. The largest absolute Gasteiger partial charge is 0.463 e. The normalized spacial score (nSPS) is 14.8. The summed E-state index contributed by atoms with van der Waals surface area (Å²) in [6.07, 6.45) is 1.78. The molecule has 0 amide bonds. The second-order valence-electron chi connectivity index (χ2n) is 8.95. The second-order valence-corrected chi connectivity index (χ2v) is 9.96. The first-order valence-corrected chi connectivity index (χ1v) is 13.5. The topological polar surface area (TPSA) is 96.2 Å². The van der Waals surface area contributed by atoms with Crippen molar-refractivity contribution in [3.05, 3.63) is 121 Å². The summed E-state index contributed by atoms with van der Waals surface area (Å²) in [5, 5.41) is 0. The Morgan fingerprint density at radius 2 is 1.70 bits per heavy atom. The van der Waals surface area contributed by atoms with Crippen LogP contribution in [0.15, 0.2) is 99.9 Å². The van der Waals surface area contributed by atoms with E-state index in [0.717, 1.165) is 5.56 Å². The number of hydrogen-bond donors (Lipinski definition) is 0. The first-order valence-electron chi connectivity index (χ1n) is 12.6. The fourth-order valence-electron chi connectivity index (χ4n) is 4.43.